The number of hydrogen-bond acceptors (Lipinski definition) is 3. The van der Waals surface area contributed by atoms with Crippen LogP contribution in [0.2, 0.25) is 0 Å². The van der Waals surface area contributed by atoms with E-state index in [-0.39, 0.29) is 0 Å². The van der Waals surface area contributed by atoms with Crippen LogP contribution >= 0.6 is 23.1 Å². The normalized spacial score (nSPS) is 10.7. The second kappa shape index (κ2) is 9.11. The maximum Gasteiger partial charge on any atom is 0.0930 e. The van der Waals surface area contributed by atoms with Gasteiger partial charge in [0.15, 0.2) is 0 Å². The minimum Gasteiger partial charge on any atom is -0.351 e. The molecule has 0 amide bonds. The molecule has 0 atom stereocenters. The maximum absolute atomic E-state index is 4.21. The van der Waals surface area contributed by atoms with Crippen LogP contribution in [0.3, 0.4) is 0 Å². The van der Waals surface area contributed by atoms with Crippen LogP contribution in [0.5, 0.6) is 0 Å². The largest absolute Gasteiger partial charge is 0.351 e. The van der Waals surface area contributed by atoms with E-state index in [1.165, 1.54) is 27.1 Å². The topological polar surface area (TPSA) is 12.0 Å². The van der Waals surface area contributed by atoms with Crippen molar-refractivity contribution in [2.45, 2.75) is 31.6 Å². The Balaban J connectivity index is 1.64. The van der Waals surface area contributed by atoms with Gasteiger partial charge in [-0.15, -0.1) is 23.1 Å². The Hall–Kier alpha value is -1.97. The lowest BCUT2D eigenvalue weighted by atomic mass is 10.0. The van der Waals surface area contributed by atoms with Crippen molar-refractivity contribution in [2.24, 2.45) is 0 Å². The van der Waals surface area contributed by atoms with Crippen molar-refractivity contribution in [3.05, 3.63) is 83.4 Å². The summed E-state index contributed by atoms with van der Waals surface area (Å²) in [7, 11) is 0. The van der Waals surface area contributed by atoms with Gasteiger partial charge in [-0.1, -0.05) is 56.8 Å². The smallest absolute Gasteiger partial charge is 0.0930 e. The van der Waals surface area contributed by atoms with Crippen LogP contribution in [0.15, 0.2) is 77.1 Å². The molecule has 0 aliphatic carbocycles. The quantitative estimate of drug-likeness (QED) is 0.413. The van der Waals surface area contributed by atoms with Gasteiger partial charge in [-0.05, 0) is 52.6 Å². The van der Waals surface area contributed by atoms with Crippen molar-refractivity contribution in [3.63, 3.8) is 0 Å². The summed E-state index contributed by atoms with van der Waals surface area (Å²) in [6.45, 7) is 8.59. The van der Waals surface area contributed by atoms with Gasteiger partial charge in [0.2, 0.25) is 0 Å². The molecular weight excluding hydrogens is 354 g/mol. The molecule has 0 aliphatic rings. The molecule has 26 heavy (non-hydrogen) atoms. The molecular formula is C23H25NS2. The predicted molar refractivity (Wildman–Crippen MR) is 118 cm³/mol. The molecule has 0 saturated carbocycles. The summed E-state index contributed by atoms with van der Waals surface area (Å²) >= 11 is 3.61. The van der Waals surface area contributed by atoms with Crippen LogP contribution < -0.4 is 5.32 Å². The Morgan fingerprint density at radius 2 is 1.85 bits per heavy atom. The van der Waals surface area contributed by atoms with E-state index in [0.717, 1.165) is 29.3 Å². The number of hydrogen-bond donors (Lipinski definition) is 1. The lowest BCUT2D eigenvalue weighted by Gasteiger charge is -2.08. The van der Waals surface area contributed by atoms with E-state index in [1.54, 1.807) is 11.3 Å². The number of anilines is 1. The first kappa shape index (κ1) is 18.8. The van der Waals surface area contributed by atoms with E-state index < -0.39 is 0 Å². The monoisotopic (exact) mass is 379 g/mol. The number of benzene rings is 2. The van der Waals surface area contributed by atoms with Gasteiger partial charge in [0.25, 0.3) is 0 Å². The van der Waals surface area contributed by atoms with Crippen LogP contribution in [0.25, 0.3) is 11.1 Å². The molecule has 1 heterocycles. The number of nitrogens with one attached hydrogen (secondary N) is 1. The molecule has 3 aromatic rings. The Bertz CT molecular complexity index is 862. The van der Waals surface area contributed by atoms with Gasteiger partial charge in [0, 0.05) is 22.4 Å². The lowest BCUT2D eigenvalue weighted by molar-refractivity contribution is 1.14. The Morgan fingerprint density at radius 1 is 1.08 bits per heavy atom. The number of thiophene rings is 1. The first-order valence-electron chi connectivity index (χ1n) is 9.03. The number of aryl methyl sites for hydroxylation is 1. The molecule has 0 radical (unpaired) electrons. The van der Waals surface area contributed by atoms with Crippen LogP contribution in [0, 0.1) is 0 Å². The molecule has 0 aliphatic heterocycles. The highest BCUT2D eigenvalue weighted by atomic mass is 32.2. The van der Waals surface area contributed by atoms with Crippen molar-refractivity contribution >= 4 is 28.1 Å². The second-order valence-electron chi connectivity index (χ2n) is 6.19. The van der Waals surface area contributed by atoms with E-state index in [1.807, 2.05) is 11.8 Å². The third kappa shape index (κ3) is 4.80. The maximum atomic E-state index is 4.21. The molecule has 2 aromatic carbocycles. The average Bonchev–Trinajstić information content (AvgIpc) is 3.11. The highest BCUT2D eigenvalue weighted by Crippen LogP contribution is 2.32. The standard InChI is InChI=1S/C23H25NS2/c1-4-19-8-6-7-9-22(19)20-15-23(26-16-20)24-17(3)14-18-10-12-21(13-11-18)25-5-2/h6-13,15-16,24H,3-5,14H2,1-2H3. The average molecular weight is 380 g/mol. The minimum absolute atomic E-state index is 0.843. The van der Waals surface area contributed by atoms with Crippen molar-refractivity contribution in [3.8, 4) is 11.1 Å². The number of thioether (sulfide) groups is 1. The Labute approximate surface area is 165 Å². The summed E-state index contributed by atoms with van der Waals surface area (Å²) in [6, 6.07) is 19.6. The van der Waals surface area contributed by atoms with Gasteiger partial charge in [-0.25, -0.2) is 0 Å². The Kier molecular flexibility index (Phi) is 6.59. The van der Waals surface area contributed by atoms with Crippen LogP contribution in [-0.2, 0) is 12.8 Å². The fourth-order valence-corrected chi connectivity index (χ4v) is 4.50. The Morgan fingerprint density at radius 3 is 2.58 bits per heavy atom. The molecule has 1 aromatic heterocycles. The first-order valence-corrected chi connectivity index (χ1v) is 10.9. The van der Waals surface area contributed by atoms with E-state index in [0.29, 0.717) is 0 Å². The highest BCUT2D eigenvalue weighted by molar-refractivity contribution is 7.99. The van der Waals surface area contributed by atoms with Gasteiger partial charge in [-0.2, -0.15) is 0 Å². The summed E-state index contributed by atoms with van der Waals surface area (Å²) in [4.78, 5) is 1.33. The van der Waals surface area contributed by atoms with E-state index >= 15 is 0 Å². The molecule has 1 N–H and O–H groups in total. The number of rotatable bonds is 8. The summed E-state index contributed by atoms with van der Waals surface area (Å²) in [6.07, 6.45) is 1.89. The third-order valence-electron chi connectivity index (χ3n) is 4.26. The molecule has 3 rings (SSSR count). The fourth-order valence-electron chi connectivity index (χ4n) is 2.99. The molecule has 0 spiro atoms. The molecule has 134 valence electrons. The van der Waals surface area contributed by atoms with Gasteiger partial charge >= 0.3 is 0 Å². The molecule has 3 heteroatoms. The fraction of sp³-hybridized carbons (Fsp3) is 0.217. The summed E-state index contributed by atoms with van der Waals surface area (Å²) in [5, 5.41) is 6.85. The van der Waals surface area contributed by atoms with Crippen molar-refractivity contribution < 1.29 is 0 Å². The predicted octanol–water partition coefficient (Wildman–Crippen LogP) is 7.26. The summed E-state index contributed by atoms with van der Waals surface area (Å²) in [5.41, 5.74) is 6.31. The minimum atomic E-state index is 0.843. The molecule has 1 nitrogen and oxygen atoms in total. The summed E-state index contributed by atoms with van der Waals surface area (Å²) < 4.78 is 0. The first-order chi connectivity index (χ1) is 12.7. The van der Waals surface area contributed by atoms with Gasteiger partial charge in [0.05, 0.1) is 5.00 Å². The molecule has 0 saturated heterocycles. The lowest BCUT2D eigenvalue weighted by Crippen LogP contribution is -2.00. The van der Waals surface area contributed by atoms with Crippen LogP contribution in [-0.4, -0.2) is 5.75 Å². The number of allylic oxidation sites excluding steroid dienone is 1. The van der Waals surface area contributed by atoms with E-state index in [2.05, 4.69) is 85.7 Å². The zero-order chi connectivity index (χ0) is 18.4. The third-order valence-corrected chi connectivity index (χ3v) is 6.00. The van der Waals surface area contributed by atoms with Gasteiger partial charge in [0.1, 0.15) is 0 Å². The van der Waals surface area contributed by atoms with Crippen molar-refractivity contribution in [2.75, 3.05) is 11.1 Å². The van der Waals surface area contributed by atoms with Gasteiger partial charge < -0.3 is 5.32 Å². The van der Waals surface area contributed by atoms with Crippen LogP contribution in [0.4, 0.5) is 5.00 Å². The van der Waals surface area contributed by atoms with E-state index in [9.17, 15) is 0 Å². The SMILES string of the molecule is C=C(Cc1ccc(SCC)cc1)Nc1cc(-c2ccccc2CC)cs1. The van der Waals surface area contributed by atoms with Crippen LogP contribution in [0.1, 0.15) is 25.0 Å². The van der Waals surface area contributed by atoms with Crippen molar-refractivity contribution in [1.82, 2.24) is 0 Å². The zero-order valence-electron chi connectivity index (χ0n) is 15.4. The summed E-state index contributed by atoms with van der Waals surface area (Å²) in [5.74, 6) is 1.11. The zero-order valence-corrected chi connectivity index (χ0v) is 17.1. The molecule has 0 fully saturated rings. The van der Waals surface area contributed by atoms with E-state index in [4.69, 9.17) is 0 Å². The molecule has 0 unspecified atom stereocenters. The second-order valence-corrected chi connectivity index (χ2v) is 8.44. The van der Waals surface area contributed by atoms with Crippen molar-refractivity contribution in [1.29, 1.82) is 0 Å². The van der Waals surface area contributed by atoms with Gasteiger partial charge in [-0.3, -0.25) is 0 Å². The highest BCUT2D eigenvalue weighted by Gasteiger charge is 2.07. The molecule has 0 bridgehead atoms.